The van der Waals surface area contributed by atoms with Crippen LogP contribution in [0.2, 0.25) is 0 Å². The van der Waals surface area contributed by atoms with Gasteiger partial charge in [-0.05, 0) is 50.9 Å². The van der Waals surface area contributed by atoms with Gasteiger partial charge in [0.2, 0.25) is 0 Å². The molecule has 0 aromatic carbocycles. The number of hydrogen-bond acceptors (Lipinski definition) is 4. The summed E-state index contributed by atoms with van der Waals surface area (Å²) in [5, 5.41) is 8.02. The third-order valence-electron chi connectivity index (χ3n) is 4.17. The molecule has 6 heteroatoms. The average Bonchev–Trinajstić information content (AvgIpc) is 2.77. The van der Waals surface area contributed by atoms with Crippen LogP contribution in [0.4, 0.5) is 0 Å². The number of piperazine rings is 1. The molecule has 20 heavy (non-hydrogen) atoms. The Labute approximate surface area is 130 Å². The molecule has 2 unspecified atom stereocenters. The Morgan fingerprint density at radius 1 is 1.35 bits per heavy atom. The van der Waals surface area contributed by atoms with Crippen molar-refractivity contribution in [2.45, 2.75) is 32.0 Å². The molecule has 0 saturated carbocycles. The summed E-state index contributed by atoms with van der Waals surface area (Å²) in [5.74, 6) is 0. The quantitative estimate of drug-likeness (QED) is 0.903. The van der Waals surface area contributed by atoms with Crippen LogP contribution in [0.3, 0.4) is 0 Å². The Balaban J connectivity index is 2.34. The fourth-order valence-electron chi connectivity index (χ4n) is 2.97. The highest BCUT2D eigenvalue weighted by molar-refractivity contribution is 9.10. The molecule has 2 atom stereocenters. The molecule has 0 bridgehead atoms. The van der Waals surface area contributed by atoms with Crippen LogP contribution in [0.25, 0.3) is 0 Å². The second-order valence-electron chi connectivity index (χ2n) is 5.99. The maximum atomic E-state index is 4.52. The molecule has 1 saturated heterocycles. The van der Waals surface area contributed by atoms with Gasteiger partial charge in [0.1, 0.15) is 0 Å². The van der Waals surface area contributed by atoms with E-state index in [-0.39, 0.29) is 6.04 Å². The van der Waals surface area contributed by atoms with Crippen LogP contribution in [0.1, 0.15) is 31.6 Å². The van der Waals surface area contributed by atoms with Crippen molar-refractivity contribution < 1.29 is 0 Å². The first-order valence-electron chi connectivity index (χ1n) is 7.24. The van der Waals surface area contributed by atoms with Crippen LogP contribution >= 0.6 is 15.9 Å². The number of aromatic nitrogens is 2. The van der Waals surface area contributed by atoms with E-state index < -0.39 is 0 Å². The van der Waals surface area contributed by atoms with Crippen molar-refractivity contribution >= 4 is 15.9 Å². The molecular weight excluding hydrogens is 318 g/mol. The lowest BCUT2D eigenvalue weighted by atomic mass is 10.0. The first-order chi connectivity index (χ1) is 9.45. The molecule has 2 rings (SSSR count). The van der Waals surface area contributed by atoms with Gasteiger partial charge in [-0.1, -0.05) is 0 Å². The minimum Gasteiger partial charge on any atom is -0.310 e. The molecule has 0 spiro atoms. The van der Waals surface area contributed by atoms with E-state index in [2.05, 4.69) is 68.8 Å². The highest BCUT2D eigenvalue weighted by atomic mass is 79.9. The summed E-state index contributed by atoms with van der Waals surface area (Å²) < 4.78 is 3.21. The minimum atomic E-state index is 0.266. The van der Waals surface area contributed by atoms with Crippen LogP contribution in [0.15, 0.2) is 10.7 Å². The Hall–Kier alpha value is -0.430. The summed E-state index contributed by atoms with van der Waals surface area (Å²) in [6.45, 7) is 7.65. The summed E-state index contributed by atoms with van der Waals surface area (Å²) in [5.41, 5.74) is 1.25. The first kappa shape index (κ1) is 15.9. The van der Waals surface area contributed by atoms with Gasteiger partial charge in [0.15, 0.2) is 0 Å². The topological polar surface area (TPSA) is 36.3 Å². The molecule has 1 aromatic rings. The van der Waals surface area contributed by atoms with Crippen LogP contribution in [-0.4, -0.2) is 66.4 Å². The number of rotatable bonds is 4. The SMILES string of the molecule is CNC(c1c(Br)cnn1C(C)C)C1CN(C)CCN1C. The summed E-state index contributed by atoms with van der Waals surface area (Å²) in [6, 6.07) is 1.07. The van der Waals surface area contributed by atoms with E-state index in [1.54, 1.807) is 0 Å². The summed E-state index contributed by atoms with van der Waals surface area (Å²) >= 11 is 3.67. The highest BCUT2D eigenvalue weighted by Gasteiger charge is 2.33. The molecule has 1 aromatic heterocycles. The van der Waals surface area contributed by atoms with E-state index in [1.165, 1.54) is 5.69 Å². The lowest BCUT2D eigenvalue weighted by Gasteiger charge is -2.42. The zero-order valence-corrected chi connectivity index (χ0v) is 14.7. The van der Waals surface area contributed by atoms with Crippen molar-refractivity contribution in [2.75, 3.05) is 40.8 Å². The summed E-state index contributed by atoms with van der Waals surface area (Å²) in [7, 11) is 6.45. The molecular formula is C14H26BrN5. The second-order valence-corrected chi connectivity index (χ2v) is 6.85. The van der Waals surface area contributed by atoms with E-state index in [1.807, 2.05) is 13.2 Å². The van der Waals surface area contributed by atoms with Gasteiger partial charge < -0.3 is 10.2 Å². The Bertz CT molecular complexity index is 445. The molecule has 1 fully saturated rings. The van der Waals surface area contributed by atoms with Crippen molar-refractivity contribution in [3.05, 3.63) is 16.4 Å². The van der Waals surface area contributed by atoms with Crippen molar-refractivity contribution in [3.63, 3.8) is 0 Å². The highest BCUT2D eigenvalue weighted by Crippen LogP contribution is 2.30. The van der Waals surface area contributed by atoms with E-state index in [0.29, 0.717) is 12.1 Å². The van der Waals surface area contributed by atoms with Gasteiger partial charge in [-0.3, -0.25) is 9.58 Å². The van der Waals surface area contributed by atoms with Crippen molar-refractivity contribution in [3.8, 4) is 0 Å². The predicted molar refractivity (Wildman–Crippen MR) is 86.0 cm³/mol. The molecule has 0 amide bonds. The van der Waals surface area contributed by atoms with Crippen LogP contribution in [-0.2, 0) is 0 Å². The van der Waals surface area contributed by atoms with Gasteiger partial charge in [-0.2, -0.15) is 5.10 Å². The monoisotopic (exact) mass is 343 g/mol. The number of nitrogens with zero attached hydrogens (tertiary/aromatic N) is 4. The second kappa shape index (κ2) is 6.56. The van der Waals surface area contributed by atoms with Gasteiger partial charge >= 0.3 is 0 Å². The predicted octanol–water partition coefficient (Wildman–Crippen LogP) is 1.73. The maximum absolute atomic E-state index is 4.52. The van der Waals surface area contributed by atoms with Crippen molar-refractivity contribution in [1.82, 2.24) is 24.9 Å². The Morgan fingerprint density at radius 3 is 2.65 bits per heavy atom. The molecule has 0 radical (unpaired) electrons. The van der Waals surface area contributed by atoms with Crippen LogP contribution in [0.5, 0.6) is 0 Å². The first-order valence-corrected chi connectivity index (χ1v) is 8.04. The smallest absolute Gasteiger partial charge is 0.0715 e. The molecule has 2 heterocycles. The van der Waals surface area contributed by atoms with Gasteiger partial charge in [0.05, 0.1) is 22.4 Å². The number of hydrogen-bond donors (Lipinski definition) is 1. The molecule has 1 N–H and O–H groups in total. The zero-order valence-electron chi connectivity index (χ0n) is 13.1. The zero-order chi connectivity index (χ0) is 14.9. The summed E-state index contributed by atoms with van der Waals surface area (Å²) in [6.07, 6.45) is 1.91. The van der Waals surface area contributed by atoms with Gasteiger partial charge in [0, 0.05) is 31.7 Å². The Morgan fingerprint density at radius 2 is 2.05 bits per heavy atom. The lowest BCUT2D eigenvalue weighted by Crippen LogP contribution is -2.55. The molecule has 1 aliphatic heterocycles. The average molecular weight is 344 g/mol. The van der Waals surface area contributed by atoms with Crippen LogP contribution < -0.4 is 5.32 Å². The van der Waals surface area contributed by atoms with E-state index in [0.717, 1.165) is 24.1 Å². The fraction of sp³-hybridized carbons (Fsp3) is 0.786. The largest absolute Gasteiger partial charge is 0.310 e. The minimum absolute atomic E-state index is 0.266. The third kappa shape index (κ3) is 3.08. The van der Waals surface area contributed by atoms with E-state index in [4.69, 9.17) is 0 Å². The summed E-state index contributed by atoms with van der Waals surface area (Å²) in [4.78, 5) is 4.85. The standard InChI is InChI=1S/C14H26BrN5/c1-10(2)20-14(11(15)8-17-20)13(16-3)12-9-18(4)6-7-19(12)5/h8,10,12-13,16H,6-7,9H2,1-5H3. The van der Waals surface area contributed by atoms with Gasteiger partial charge in [-0.15, -0.1) is 0 Å². The molecule has 0 aliphatic carbocycles. The van der Waals surface area contributed by atoms with Crippen LogP contribution in [0, 0.1) is 0 Å². The molecule has 114 valence electrons. The van der Waals surface area contributed by atoms with E-state index in [9.17, 15) is 0 Å². The Kier molecular flexibility index (Phi) is 5.23. The van der Waals surface area contributed by atoms with E-state index >= 15 is 0 Å². The van der Waals surface area contributed by atoms with Crippen molar-refractivity contribution in [1.29, 1.82) is 0 Å². The number of likely N-dealkylation sites (N-methyl/N-ethyl adjacent to an activating group) is 3. The normalized spacial score (nSPS) is 23.4. The number of halogens is 1. The fourth-order valence-corrected chi connectivity index (χ4v) is 3.49. The third-order valence-corrected chi connectivity index (χ3v) is 4.78. The van der Waals surface area contributed by atoms with Crippen molar-refractivity contribution in [2.24, 2.45) is 0 Å². The molecule has 1 aliphatic rings. The number of nitrogens with one attached hydrogen (secondary N) is 1. The molecule has 5 nitrogen and oxygen atoms in total. The van der Waals surface area contributed by atoms with Gasteiger partial charge in [0.25, 0.3) is 0 Å². The van der Waals surface area contributed by atoms with Gasteiger partial charge in [-0.25, -0.2) is 0 Å². The lowest BCUT2D eigenvalue weighted by molar-refractivity contribution is 0.0868. The maximum Gasteiger partial charge on any atom is 0.0715 e.